The van der Waals surface area contributed by atoms with Crippen molar-refractivity contribution in [3.63, 3.8) is 0 Å². The van der Waals surface area contributed by atoms with Crippen LogP contribution in [0.2, 0.25) is 0 Å². The lowest BCUT2D eigenvalue weighted by molar-refractivity contribution is 0.130. The predicted molar refractivity (Wildman–Crippen MR) is 110 cm³/mol. The maximum absolute atomic E-state index is 12.9. The van der Waals surface area contributed by atoms with Crippen LogP contribution in [0.5, 0.6) is 0 Å². The lowest BCUT2D eigenvalue weighted by Crippen LogP contribution is -2.47. The van der Waals surface area contributed by atoms with Crippen molar-refractivity contribution in [1.29, 1.82) is 0 Å². The van der Waals surface area contributed by atoms with Crippen molar-refractivity contribution < 1.29 is 13.2 Å². The number of rotatable bonds is 10. The molecule has 3 rings (SSSR count). The van der Waals surface area contributed by atoms with E-state index in [1.54, 1.807) is 31.4 Å². The van der Waals surface area contributed by atoms with Gasteiger partial charge in [0.15, 0.2) is 9.84 Å². The second-order valence-corrected chi connectivity index (χ2v) is 10.5. The first-order valence-corrected chi connectivity index (χ1v) is 12.2. The summed E-state index contributed by atoms with van der Waals surface area (Å²) >= 11 is 0. The highest BCUT2D eigenvalue weighted by atomic mass is 32.2. The van der Waals surface area contributed by atoms with Gasteiger partial charge in [-0.15, -0.1) is 0 Å². The van der Waals surface area contributed by atoms with Crippen LogP contribution in [0, 0.1) is 17.8 Å². The monoisotopic (exact) mass is 393 g/mol. The fraction of sp³-hybridized carbons (Fsp3) is 0.727. The topological polar surface area (TPSA) is 55.4 Å². The minimum absolute atomic E-state index is 0.0128. The number of nitrogens with one attached hydrogen (secondary N) is 1. The van der Waals surface area contributed by atoms with Crippen LogP contribution in [0.1, 0.15) is 51.9 Å². The van der Waals surface area contributed by atoms with E-state index in [2.05, 4.69) is 12.2 Å². The lowest BCUT2D eigenvalue weighted by Gasteiger charge is -2.30. The Morgan fingerprint density at radius 2 is 2.00 bits per heavy atom. The van der Waals surface area contributed by atoms with E-state index < -0.39 is 9.84 Å². The Morgan fingerprint density at radius 3 is 2.70 bits per heavy atom. The third-order valence-electron chi connectivity index (χ3n) is 6.53. The second kappa shape index (κ2) is 9.53. The molecular formula is C22H35NO3S. The molecule has 4 nitrogen and oxygen atoms in total. The minimum Gasteiger partial charge on any atom is -0.384 e. The maximum atomic E-state index is 12.9. The normalized spacial score (nSPS) is 29.0. The molecule has 2 aliphatic rings. The molecule has 5 atom stereocenters. The largest absolute Gasteiger partial charge is 0.384 e. The van der Waals surface area contributed by atoms with Gasteiger partial charge in [-0.1, -0.05) is 50.8 Å². The molecule has 0 amide bonds. The van der Waals surface area contributed by atoms with E-state index in [0.717, 1.165) is 31.8 Å². The summed E-state index contributed by atoms with van der Waals surface area (Å²) in [5, 5.41) is 3.82. The number of ether oxygens (including phenoxy) is 1. The van der Waals surface area contributed by atoms with Crippen molar-refractivity contribution in [3.05, 3.63) is 30.3 Å². The summed E-state index contributed by atoms with van der Waals surface area (Å²) in [6, 6.07) is 9.29. The molecular weight excluding hydrogens is 358 g/mol. The van der Waals surface area contributed by atoms with Crippen LogP contribution in [0.3, 0.4) is 0 Å². The molecule has 5 heteroatoms. The van der Waals surface area contributed by atoms with Gasteiger partial charge in [-0.3, -0.25) is 0 Å². The van der Waals surface area contributed by atoms with Crippen LogP contribution < -0.4 is 5.32 Å². The Balaban J connectivity index is 1.74. The van der Waals surface area contributed by atoms with Gasteiger partial charge in [0.2, 0.25) is 0 Å². The average molecular weight is 394 g/mol. The van der Waals surface area contributed by atoms with E-state index in [-0.39, 0.29) is 11.8 Å². The van der Waals surface area contributed by atoms with Gasteiger partial charge in [0.05, 0.1) is 17.3 Å². The van der Waals surface area contributed by atoms with Gasteiger partial charge in [0, 0.05) is 19.2 Å². The number of methoxy groups -OCH3 is 1. The van der Waals surface area contributed by atoms with Gasteiger partial charge in [-0.25, -0.2) is 8.42 Å². The van der Waals surface area contributed by atoms with Crippen molar-refractivity contribution >= 4 is 9.84 Å². The molecule has 0 saturated heterocycles. The minimum atomic E-state index is -3.28. The Hall–Kier alpha value is -0.910. The van der Waals surface area contributed by atoms with Gasteiger partial charge >= 0.3 is 0 Å². The van der Waals surface area contributed by atoms with Gasteiger partial charge in [0.1, 0.15) is 0 Å². The molecule has 152 valence electrons. The van der Waals surface area contributed by atoms with Crippen LogP contribution in [-0.2, 0) is 14.6 Å². The van der Waals surface area contributed by atoms with Gasteiger partial charge in [-0.2, -0.15) is 0 Å². The molecule has 0 radical (unpaired) electrons. The molecule has 0 aromatic heterocycles. The third kappa shape index (κ3) is 5.12. The molecule has 27 heavy (non-hydrogen) atoms. The van der Waals surface area contributed by atoms with Gasteiger partial charge in [-0.05, 0) is 49.1 Å². The predicted octanol–water partition coefficient (Wildman–Crippen LogP) is 4.06. The van der Waals surface area contributed by atoms with E-state index in [9.17, 15) is 8.42 Å². The van der Waals surface area contributed by atoms with Crippen LogP contribution in [-0.4, -0.2) is 40.0 Å². The average Bonchev–Trinajstić information content (AvgIpc) is 3.23. The Morgan fingerprint density at radius 1 is 1.22 bits per heavy atom. The summed E-state index contributed by atoms with van der Waals surface area (Å²) in [5.41, 5.74) is 0. The fourth-order valence-corrected chi connectivity index (χ4v) is 6.84. The van der Waals surface area contributed by atoms with Crippen molar-refractivity contribution in [2.24, 2.45) is 17.8 Å². The maximum Gasteiger partial charge on any atom is 0.179 e. The highest BCUT2D eigenvalue weighted by molar-refractivity contribution is 7.91. The molecule has 1 aromatic rings. The number of unbranched alkanes of at least 4 members (excludes halogenated alkanes) is 1. The van der Waals surface area contributed by atoms with Crippen LogP contribution in [0.15, 0.2) is 35.2 Å². The molecule has 2 fully saturated rings. The summed E-state index contributed by atoms with van der Waals surface area (Å²) in [5.74, 6) is 2.17. The summed E-state index contributed by atoms with van der Waals surface area (Å²) < 4.78 is 31.4. The van der Waals surface area contributed by atoms with E-state index in [0.29, 0.717) is 22.8 Å². The Kier molecular flexibility index (Phi) is 7.35. The number of hydrogen-bond acceptors (Lipinski definition) is 4. The third-order valence-corrected chi connectivity index (χ3v) is 8.36. The number of benzene rings is 1. The summed E-state index contributed by atoms with van der Waals surface area (Å²) in [7, 11) is -1.50. The van der Waals surface area contributed by atoms with E-state index >= 15 is 0 Å². The fourth-order valence-electron chi connectivity index (χ4n) is 5.29. The van der Waals surface area contributed by atoms with Crippen molar-refractivity contribution in [3.8, 4) is 0 Å². The first-order valence-electron chi connectivity index (χ1n) is 10.6. The quantitative estimate of drug-likeness (QED) is 0.651. The lowest BCUT2D eigenvalue weighted by atomic mass is 9.94. The SMILES string of the molecule is CCCC[C@@H](CS(=O)(=O)c1ccccc1)NC1[C@@H](COC)C[C@H]2CCC[C@@H]12. The van der Waals surface area contributed by atoms with E-state index in [1.807, 2.05) is 6.07 Å². The Labute approximate surface area is 165 Å². The summed E-state index contributed by atoms with van der Waals surface area (Å²) in [6.07, 6.45) is 8.19. The standard InChI is InChI=1S/C22H35NO3S/c1-3-4-10-19(16-27(24,25)20-11-6-5-7-12-20)23-22-18(15-26-2)14-17-9-8-13-21(17)22/h5-7,11-12,17-19,21-23H,3-4,8-10,13-16H2,1-2H3/t17-,18-,19+,21-,22?/m1/s1. The molecule has 0 heterocycles. The van der Waals surface area contributed by atoms with Crippen molar-refractivity contribution in [2.45, 2.75) is 68.8 Å². The van der Waals surface area contributed by atoms with Crippen LogP contribution >= 0.6 is 0 Å². The second-order valence-electron chi connectivity index (χ2n) is 8.43. The number of fused-ring (bicyclic) bond motifs is 1. The first kappa shape index (κ1) is 20.8. The molecule has 2 saturated carbocycles. The van der Waals surface area contributed by atoms with Crippen molar-refractivity contribution in [2.75, 3.05) is 19.5 Å². The molecule has 1 N–H and O–H groups in total. The molecule has 0 spiro atoms. The van der Waals surface area contributed by atoms with Crippen LogP contribution in [0.4, 0.5) is 0 Å². The summed E-state index contributed by atoms with van der Waals surface area (Å²) in [6.45, 7) is 2.94. The molecule has 1 unspecified atom stereocenters. The zero-order valence-electron chi connectivity index (χ0n) is 16.8. The van der Waals surface area contributed by atoms with Gasteiger partial charge in [0.25, 0.3) is 0 Å². The highest BCUT2D eigenvalue weighted by Gasteiger charge is 2.45. The zero-order chi connectivity index (χ0) is 19.3. The summed E-state index contributed by atoms with van der Waals surface area (Å²) in [4.78, 5) is 0.437. The Bertz CT molecular complexity index is 676. The number of sulfone groups is 1. The van der Waals surface area contributed by atoms with Crippen LogP contribution in [0.25, 0.3) is 0 Å². The first-order chi connectivity index (χ1) is 13.0. The molecule has 0 bridgehead atoms. The highest BCUT2D eigenvalue weighted by Crippen LogP contribution is 2.47. The van der Waals surface area contributed by atoms with Gasteiger partial charge < -0.3 is 10.1 Å². The van der Waals surface area contributed by atoms with E-state index in [4.69, 9.17) is 4.74 Å². The molecule has 1 aromatic carbocycles. The molecule has 2 aliphatic carbocycles. The number of hydrogen-bond donors (Lipinski definition) is 1. The van der Waals surface area contributed by atoms with Crippen molar-refractivity contribution in [1.82, 2.24) is 5.32 Å². The van der Waals surface area contributed by atoms with E-state index in [1.165, 1.54) is 25.7 Å². The zero-order valence-corrected chi connectivity index (χ0v) is 17.6. The smallest absolute Gasteiger partial charge is 0.179 e. The molecule has 0 aliphatic heterocycles.